The Hall–Kier alpha value is -2.76. The highest BCUT2D eigenvalue weighted by atomic mass is 19.4. The van der Waals surface area contributed by atoms with E-state index in [4.69, 9.17) is 4.74 Å². The van der Waals surface area contributed by atoms with Crippen LogP contribution in [-0.2, 0) is 30.7 Å². The van der Waals surface area contributed by atoms with E-state index >= 15 is 0 Å². The van der Waals surface area contributed by atoms with E-state index in [1.807, 2.05) is 0 Å². The minimum absolute atomic E-state index is 0.103. The van der Waals surface area contributed by atoms with Crippen molar-refractivity contribution in [2.24, 2.45) is 7.05 Å². The summed E-state index contributed by atoms with van der Waals surface area (Å²) in [4.78, 5) is 14.0. The largest absolute Gasteiger partial charge is 0.435 e. The van der Waals surface area contributed by atoms with Crippen molar-refractivity contribution in [3.05, 3.63) is 46.6 Å². The Kier molecular flexibility index (Phi) is 5.97. The number of ether oxygens (including phenoxy) is 1. The Bertz CT molecular complexity index is 899. The number of aryl methyl sites for hydroxylation is 1. The standard InChI is InChI=1S/C18H18F6N4O2/c1-27-16(28-6-8-30-9-7-28)13(14(26-27)18(22,23)24)10-25-15(29)11-2-4-12(5-3-11)17(19,20)21/h2-5H,6-10H2,1H3,(H,25,29). The smallest absolute Gasteiger partial charge is 0.378 e. The van der Waals surface area contributed by atoms with E-state index in [9.17, 15) is 31.1 Å². The number of nitrogens with zero attached hydrogens (tertiary/aromatic N) is 3. The number of rotatable bonds is 4. The van der Waals surface area contributed by atoms with Gasteiger partial charge in [0.2, 0.25) is 0 Å². The second-order valence-corrected chi connectivity index (χ2v) is 6.63. The summed E-state index contributed by atoms with van der Waals surface area (Å²) in [5.41, 5.74) is -2.37. The van der Waals surface area contributed by atoms with Crippen LogP contribution < -0.4 is 10.2 Å². The minimum atomic E-state index is -4.74. The number of aromatic nitrogens is 2. The second-order valence-electron chi connectivity index (χ2n) is 6.63. The highest BCUT2D eigenvalue weighted by Gasteiger charge is 2.40. The van der Waals surface area contributed by atoms with Gasteiger partial charge in [-0.15, -0.1) is 0 Å². The number of hydrogen-bond acceptors (Lipinski definition) is 4. The zero-order chi connectivity index (χ0) is 22.1. The third-order valence-corrected chi connectivity index (χ3v) is 4.59. The molecule has 3 rings (SSSR count). The van der Waals surface area contributed by atoms with Crippen molar-refractivity contribution in [3.8, 4) is 0 Å². The lowest BCUT2D eigenvalue weighted by Gasteiger charge is -2.29. The molecule has 0 atom stereocenters. The number of hydrogen-bond donors (Lipinski definition) is 1. The lowest BCUT2D eigenvalue weighted by molar-refractivity contribution is -0.142. The van der Waals surface area contributed by atoms with Crippen molar-refractivity contribution in [1.82, 2.24) is 15.1 Å². The summed E-state index contributed by atoms with van der Waals surface area (Å²) >= 11 is 0. The zero-order valence-corrected chi connectivity index (χ0v) is 15.8. The molecule has 1 amide bonds. The Balaban J connectivity index is 1.83. The van der Waals surface area contributed by atoms with E-state index in [2.05, 4.69) is 10.4 Å². The summed E-state index contributed by atoms with van der Waals surface area (Å²) in [6, 6.07) is 3.41. The van der Waals surface area contributed by atoms with Crippen LogP contribution in [0.3, 0.4) is 0 Å². The molecule has 0 aliphatic carbocycles. The van der Waals surface area contributed by atoms with Crippen LogP contribution in [0.2, 0.25) is 0 Å². The molecule has 1 aromatic heterocycles. The first-order valence-electron chi connectivity index (χ1n) is 8.89. The molecule has 1 aliphatic heterocycles. The number of halogens is 6. The van der Waals surface area contributed by atoms with Crippen molar-refractivity contribution in [2.45, 2.75) is 18.9 Å². The lowest BCUT2D eigenvalue weighted by Crippen LogP contribution is -2.38. The van der Waals surface area contributed by atoms with Gasteiger partial charge in [-0.25, -0.2) is 0 Å². The molecule has 30 heavy (non-hydrogen) atoms. The van der Waals surface area contributed by atoms with Gasteiger partial charge in [-0.3, -0.25) is 9.48 Å². The summed E-state index contributed by atoms with van der Waals surface area (Å²) < 4.78 is 84.7. The molecular formula is C18H18F6N4O2. The lowest BCUT2D eigenvalue weighted by atomic mass is 10.1. The first-order valence-corrected chi connectivity index (χ1v) is 8.89. The summed E-state index contributed by atoms with van der Waals surface area (Å²) in [6.07, 6.45) is -9.30. The fourth-order valence-corrected chi connectivity index (χ4v) is 3.20. The van der Waals surface area contributed by atoms with Gasteiger partial charge in [-0.2, -0.15) is 31.4 Å². The molecule has 0 bridgehead atoms. The van der Waals surface area contributed by atoms with Crippen molar-refractivity contribution in [1.29, 1.82) is 0 Å². The van der Waals surface area contributed by atoms with Gasteiger partial charge in [-0.05, 0) is 24.3 Å². The summed E-state index contributed by atoms with van der Waals surface area (Å²) in [7, 11) is 1.38. The van der Waals surface area contributed by atoms with Gasteiger partial charge in [0.25, 0.3) is 5.91 Å². The van der Waals surface area contributed by atoms with Crippen LogP contribution in [0.5, 0.6) is 0 Å². The quantitative estimate of drug-likeness (QED) is 0.748. The van der Waals surface area contributed by atoms with Crippen molar-refractivity contribution < 1.29 is 35.9 Å². The van der Waals surface area contributed by atoms with Gasteiger partial charge in [0.15, 0.2) is 5.69 Å². The molecular weight excluding hydrogens is 418 g/mol. The monoisotopic (exact) mass is 436 g/mol. The van der Waals surface area contributed by atoms with E-state index in [0.717, 1.165) is 28.9 Å². The molecule has 2 heterocycles. The molecule has 0 spiro atoms. The maximum Gasteiger partial charge on any atom is 0.435 e. The zero-order valence-electron chi connectivity index (χ0n) is 15.8. The minimum Gasteiger partial charge on any atom is -0.378 e. The molecule has 0 unspecified atom stereocenters. The number of anilines is 1. The molecule has 0 radical (unpaired) electrons. The Morgan fingerprint density at radius 2 is 1.67 bits per heavy atom. The second kappa shape index (κ2) is 8.17. The molecule has 1 aliphatic rings. The Morgan fingerprint density at radius 3 is 2.20 bits per heavy atom. The summed E-state index contributed by atoms with van der Waals surface area (Å²) in [5, 5.41) is 5.93. The highest BCUT2D eigenvalue weighted by Crippen LogP contribution is 2.36. The Morgan fingerprint density at radius 1 is 1.07 bits per heavy atom. The van der Waals surface area contributed by atoms with Crippen LogP contribution in [0, 0.1) is 0 Å². The van der Waals surface area contributed by atoms with Gasteiger partial charge >= 0.3 is 12.4 Å². The van der Waals surface area contributed by atoms with Crippen LogP contribution in [0.25, 0.3) is 0 Å². The maximum absolute atomic E-state index is 13.5. The van der Waals surface area contributed by atoms with Crippen LogP contribution in [0.15, 0.2) is 24.3 Å². The van der Waals surface area contributed by atoms with Crippen LogP contribution in [-0.4, -0.2) is 42.0 Å². The van der Waals surface area contributed by atoms with Crippen molar-refractivity contribution in [3.63, 3.8) is 0 Å². The van der Waals surface area contributed by atoms with Crippen molar-refractivity contribution in [2.75, 3.05) is 31.2 Å². The molecule has 1 N–H and O–H groups in total. The molecule has 164 valence electrons. The molecule has 0 saturated carbocycles. The average molecular weight is 436 g/mol. The number of alkyl halides is 6. The van der Waals surface area contributed by atoms with E-state index in [-0.39, 0.29) is 16.9 Å². The number of amides is 1. The molecule has 1 aromatic carbocycles. The first kappa shape index (κ1) is 21.9. The molecule has 1 saturated heterocycles. The third kappa shape index (κ3) is 4.69. The van der Waals surface area contributed by atoms with Crippen LogP contribution in [0.1, 0.15) is 27.2 Å². The maximum atomic E-state index is 13.5. The van der Waals surface area contributed by atoms with E-state index in [1.54, 1.807) is 4.90 Å². The average Bonchev–Trinajstić information content (AvgIpc) is 3.03. The number of carbonyl (C=O) groups excluding carboxylic acids is 1. The Labute approximate surface area is 167 Å². The van der Waals surface area contributed by atoms with Crippen LogP contribution >= 0.6 is 0 Å². The molecule has 6 nitrogen and oxygen atoms in total. The fraction of sp³-hybridized carbons (Fsp3) is 0.444. The SMILES string of the molecule is Cn1nc(C(F)(F)F)c(CNC(=O)c2ccc(C(F)(F)F)cc2)c1N1CCOCC1. The number of morpholine rings is 1. The molecule has 1 fully saturated rings. The summed E-state index contributed by atoms with van der Waals surface area (Å²) in [6.45, 7) is 0.899. The van der Waals surface area contributed by atoms with Gasteiger partial charge in [0.05, 0.1) is 18.8 Å². The number of nitrogens with one attached hydrogen (secondary N) is 1. The van der Waals surface area contributed by atoms with Gasteiger partial charge in [-0.1, -0.05) is 0 Å². The number of benzene rings is 1. The summed E-state index contributed by atoms with van der Waals surface area (Å²) in [5.74, 6) is -0.591. The van der Waals surface area contributed by atoms with Gasteiger partial charge < -0.3 is 15.0 Å². The van der Waals surface area contributed by atoms with Gasteiger partial charge in [0.1, 0.15) is 5.82 Å². The van der Waals surface area contributed by atoms with E-state index < -0.39 is 36.1 Å². The molecule has 12 heteroatoms. The third-order valence-electron chi connectivity index (χ3n) is 4.59. The van der Waals surface area contributed by atoms with Crippen molar-refractivity contribution >= 4 is 11.7 Å². The fourth-order valence-electron chi connectivity index (χ4n) is 3.20. The van der Waals surface area contributed by atoms with Crippen LogP contribution in [0.4, 0.5) is 32.2 Å². The van der Waals surface area contributed by atoms with E-state index in [1.165, 1.54) is 7.05 Å². The predicted molar refractivity (Wildman–Crippen MR) is 93.9 cm³/mol. The number of carbonyl (C=O) groups is 1. The predicted octanol–water partition coefficient (Wildman–Crippen LogP) is 3.22. The topological polar surface area (TPSA) is 59.4 Å². The normalized spacial score (nSPS) is 15.4. The van der Waals surface area contributed by atoms with Gasteiger partial charge in [0, 0.05) is 37.8 Å². The van der Waals surface area contributed by atoms with E-state index in [0.29, 0.717) is 26.3 Å². The molecule has 2 aromatic rings. The first-order chi connectivity index (χ1) is 14.0. The highest BCUT2D eigenvalue weighted by molar-refractivity contribution is 5.94.